The van der Waals surface area contributed by atoms with Gasteiger partial charge < -0.3 is 9.67 Å². The Morgan fingerprint density at radius 1 is 1.17 bits per heavy atom. The van der Waals surface area contributed by atoms with E-state index in [4.69, 9.17) is 0 Å². The maximum Gasteiger partial charge on any atom is 0.146 e. The van der Waals surface area contributed by atoms with E-state index >= 15 is 0 Å². The summed E-state index contributed by atoms with van der Waals surface area (Å²) in [6.45, 7) is 6.86. The first-order chi connectivity index (χ1) is 11.5. The molecule has 1 aliphatic heterocycles. The summed E-state index contributed by atoms with van der Waals surface area (Å²) in [6.07, 6.45) is -0.659. The van der Waals surface area contributed by atoms with Crippen molar-refractivity contribution >= 4 is 0 Å². The topological polar surface area (TPSA) is 57.4 Å². The van der Waals surface area contributed by atoms with Crippen LogP contribution in [-0.4, -0.2) is 62.4 Å². The molecule has 130 valence electrons. The van der Waals surface area contributed by atoms with E-state index in [1.807, 2.05) is 18.5 Å². The van der Waals surface area contributed by atoms with Gasteiger partial charge in [0, 0.05) is 39.8 Å². The van der Waals surface area contributed by atoms with Crippen LogP contribution in [-0.2, 0) is 13.6 Å². The van der Waals surface area contributed by atoms with Gasteiger partial charge in [-0.1, -0.05) is 12.1 Å². The Morgan fingerprint density at radius 2 is 1.88 bits per heavy atom. The standard InChI is InChI=1S/C17H24FN5O/c1-13-19-20-17(21(13)2)12-23-8-6-22(7-9-23)11-16(24)14-4-3-5-15(18)10-14/h3-5,10,16,24H,6-9,11-12H2,1-2H3/t16-/m0/s1. The normalized spacial score (nSPS) is 18.0. The number of benzene rings is 1. The van der Waals surface area contributed by atoms with E-state index in [0.717, 1.165) is 44.4 Å². The molecule has 0 radical (unpaired) electrons. The predicted molar refractivity (Wildman–Crippen MR) is 88.8 cm³/mol. The molecular weight excluding hydrogens is 309 g/mol. The summed E-state index contributed by atoms with van der Waals surface area (Å²) < 4.78 is 15.3. The third kappa shape index (κ3) is 3.98. The number of aliphatic hydroxyl groups is 1. The van der Waals surface area contributed by atoms with Gasteiger partial charge in [0.2, 0.25) is 0 Å². The highest BCUT2D eigenvalue weighted by molar-refractivity contribution is 5.19. The van der Waals surface area contributed by atoms with Crippen molar-refractivity contribution in [2.75, 3.05) is 32.7 Å². The first-order valence-electron chi connectivity index (χ1n) is 8.26. The van der Waals surface area contributed by atoms with Crippen molar-refractivity contribution in [3.63, 3.8) is 0 Å². The molecule has 3 rings (SSSR count). The Labute approximate surface area is 141 Å². The maximum atomic E-state index is 13.3. The summed E-state index contributed by atoms with van der Waals surface area (Å²) in [7, 11) is 1.98. The van der Waals surface area contributed by atoms with Gasteiger partial charge in [-0.25, -0.2) is 4.39 Å². The molecule has 6 nitrogen and oxygen atoms in total. The number of aromatic nitrogens is 3. The van der Waals surface area contributed by atoms with Gasteiger partial charge in [-0.3, -0.25) is 9.80 Å². The van der Waals surface area contributed by atoms with E-state index in [9.17, 15) is 9.50 Å². The SMILES string of the molecule is Cc1nnc(CN2CCN(C[C@H](O)c3cccc(F)c3)CC2)n1C. The van der Waals surface area contributed by atoms with E-state index < -0.39 is 6.10 Å². The van der Waals surface area contributed by atoms with Gasteiger partial charge >= 0.3 is 0 Å². The van der Waals surface area contributed by atoms with Crippen LogP contribution < -0.4 is 0 Å². The number of aryl methyl sites for hydroxylation is 1. The zero-order valence-corrected chi connectivity index (χ0v) is 14.2. The lowest BCUT2D eigenvalue weighted by molar-refractivity contribution is 0.0688. The van der Waals surface area contributed by atoms with Crippen molar-refractivity contribution in [3.05, 3.63) is 47.3 Å². The summed E-state index contributed by atoms with van der Waals surface area (Å²) in [5.74, 6) is 1.58. The van der Waals surface area contributed by atoms with Gasteiger partial charge in [-0.05, 0) is 24.6 Å². The first-order valence-corrected chi connectivity index (χ1v) is 8.26. The average Bonchev–Trinajstić information content (AvgIpc) is 2.89. The minimum absolute atomic E-state index is 0.310. The van der Waals surface area contributed by atoms with E-state index in [0.29, 0.717) is 12.1 Å². The summed E-state index contributed by atoms with van der Waals surface area (Å²) in [4.78, 5) is 4.56. The first kappa shape index (κ1) is 17.0. The van der Waals surface area contributed by atoms with Gasteiger partial charge in [0.25, 0.3) is 0 Å². The molecule has 24 heavy (non-hydrogen) atoms. The zero-order chi connectivity index (χ0) is 17.1. The molecule has 1 aromatic heterocycles. The Kier molecular flexibility index (Phi) is 5.23. The summed E-state index contributed by atoms with van der Waals surface area (Å²) in [5.41, 5.74) is 0.631. The van der Waals surface area contributed by atoms with Crippen molar-refractivity contribution in [2.24, 2.45) is 7.05 Å². The van der Waals surface area contributed by atoms with Crippen molar-refractivity contribution in [1.29, 1.82) is 0 Å². The van der Waals surface area contributed by atoms with Crippen LogP contribution in [0.4, 0.5) is 4.39 Å². The van der Waals surface area contributed by atoms with Crippen LogP contribution in [0.2, 0.25) is 0 Å². The molecule has 0 aliphatic carbocycles. The highest BCUT2D eigenvalue weighted by Crippen LogP contribution is 2.17. The fraction of sp³-hybridized carbons (Fsp3) is 0.529. The molecule has 1 saturated heterocycles. The summed E-state index contributed by atoms with van der Waals surface area (Å²) >= 11 is 0. The second kappa shape index (κ2) is 7.38. The fourth-order valence-electron chi connectivity index (χ4n) is 2.98. The summed E-state index contributed by atoms with van der Waals surface area (Å²) in [5, 5.41) is 18.6. The predicted octanol–water partition coefficient (Wildman–Crippen LogP) is 1.11. The number of rotatable bonds is 5. The molecule has 0 spiro atoms. The molecule has 7 heteroatoms. The number of β-amino-alcohol motifs (C(OH)–C–C–N with tert-alkyl or cyclic N) is 1. The molecular formula is C17H24FN5O. The molecule has 1 N–H and O–H groups in total. The largest absolute Gasteiger partial charge is 0.387 e. The molecule has 0 saturated carbocycles. The molecule has 1 atom stereocenters. The zero-order valence-electron chi connectivity index (χ0n) is 14.2. The van der Waals surface area contributed by atoms with E-state index in [2.05, 4.69) is 20.0 Å². The second-order valence-corrected chi connectivity index (χ2v) is 6.37. The van der Waals surface area contributed by atoms with Crippen molar-refractivity contribution in [1.82, 2.24) is 24.6 Å². The molecule has 0 bridgehead atoms. The maximum absolute atomic E-state index is 13.3. The van der Waals surface area contributed by atoms with Crippen LogP contribution in [0.3, 0.4) is 0 Å². The Hall–Kier alpha value is -1.83. The Bertz CT molecular complexity index is 681. The molecule has 2 aromatic rings. The van der Waals surface area contributed by atoms with Crippen LogP contribution in [0, 0.1) is 12.7 Å². The average molecular weight is 333 g/mol. The fourth-order valence-corrected chi connectivity index (χ4v) is 2.98. The van der Waals surface area contributed by atoms with Crippen molar-refractivity contribution in [3.8, 4) is 0 Å². The highest BCUT2D eigenvalue weighted by atomic mass is 19.1. The second-order valence-electron chi connectivity index (χ2n) is 6.37. The van der Waals surface area contributed by atoms with Crippen molar-refractivity contribution < 1.29 is 9.50 Å². The van der Waals surface area contributed by atoms with Crippen LogP contribution in [0.5, 0.6) is 0 Å². The van der Waals surface area contributed by atoms with Gasteiger partial charge in [0.05, 0.1) is 12.6 Å². The van der Waals surface area contributed by atoms with Gasteiger partial charge in [0.1, 0.15) is 17.5 Å². The lowest BCUT2D eigenvalue weighted by Gasteiger charge is -2.35. The Balaban J connectivity index is 1.49. The monoisotopic (exact) mass is 333 g/mol. The van der Waals surface area contributed by atoms with Crippen molar-refractivity contribution in [2.45, 2.75) is 19.6 Å². The molecule has 1 aliphatic rings. The lowest BCUT2D eigenvalue weighted by atomic mass is 10.1. The molecule has 1 aromatic carbocycles. The van der Waals surface area contributed by atoms with Crippen LogP contribution in [0.25, 0.3) is 0 Å². The molecule has 2 heterocycles. The number of piperazine rings is 1. The van der Waals surface area contributed by atoms with Gasteiger partial charge in [-0.2, -0.15) is 0 Å². The van der Waals surface area contributed by atoms with Gasteiger partial charge in [-0.15, -0.1) is 10.2 Å². The number of aliphatic hydroxyl groups excluding tert-OH is 1. The Morgan fingerprint density at radius 3 is 2.50 bits per heavy atom. The number of nitrogens with zero attached hydrogens (tertiary/aromatic N) is 5. The molecule has 0 amide bonds. The van der Waals surface area contributed by atoms with E-state index in [1.54, 1.807) is 12.1 Å². The summed E-state index contributed by atoms with van der Waals surface area (Å²) in [6, 6.07) is 6.19. The molecule has 0 unspecified atom stereocenters. The number of halogens is 1. The van der Waals surface area contributed by atoms with Gasteiger partial charge in [0.15, 0.2) is 0 Å². The number of hydrogen-bond donors (Lipinski definition) is 1. The molecule has 1 fully saturated rings. The van der Waals surface area contributed by atoms with E-state index in [-0.39, 0.29) is 5.82 Å². The van der Waals surface area contributed by atoms with Crippen LogP contribution in [0.1, 0.15) is 23.3 Å². The smallest absolute Gasteiger partial charge is 0.146 e. The van der Waals surface area contributed by atoms with E-state index in [1.165, 1.54) is 12.1 Å². The minimum atomic E-state index is -0.659. The van der Waals surface area contributed by atoms with Crippen LogP contribution in [0.15, 0.2) is 24.3 Å². The quantitative estimate of drug-likeness (QED) is 0.888. The minimum Gasteiger partial charge on any atom is -0.387 e. The lowest BCUT2D eigenvalue weighted by Crippen LogP contribution is -2.47. The third-order valence-corrected chi connectivity index (χ3v) is 4.68. The number of hydrogen-bond acceptors (Lipinski definition) is 5. The van der Waals surface area contributed by atoms with Crippen LogP contribution >= 0.6 is 0 Å². The third-order valence-electron chi connectivity index (χ3n) is 4.68. The highest BCUT2D eigenvalue weighted by Gasteiger charge is 2.21.